The molecule has 9 heteroatoms. The Hall–Kier alpha value is -4.66. The molecular formula is C26H26N4O5. The molecule has 180 valence electrons. The number of carboxylic acids is 1. The van der Waals surface area contributed by atoms with E-state index in [9.17, 15) is 9.59 Å². The number of imidazole rings is 2. The van der Waals surface area contributed by atoms with Crippen LogP contribution >= 0.6 is 0 Å². The molecule has 2 heterocycles. The van der Waals surface area contributed by atoms with Gasteiger partial charge in [-0.3, -0.25) is 14.2 Å². The molecule has 0 saturated carbocycles. The maximum absolute atomic E-state index is 11.6. The number of rotatable bonds is 8. The van der Waals surface area contributed by atoms with Crippen LogP contribution in [0.15, 0.2) is 92.0 Å². The Morgan fingerprint density at radius 1 is 0.914 bits per heavy atom. The summed E-state index contributed by atoms with van der Waals surface area (Å²) in [4.78, 5) is 30.3. The number of hydrogen-bond acceptors (Lipinski definition) is 6. The monoisotopic (exact) mass is 474 g/mol. The van der Waals surface area contributed by atoms with Gasteiger partial charge in [-0.05, 0) is 41.5 Å². The summed E-state index contributed by atoms with van der Waals surface area (Å²) in [6.07, 6.45) is 12.9. The molecule has 2 aromatic heterocycles. The topological polar surface area (TPSA) is 108 Å². The van der Waals surface area contributed by atoms with Gasteiger partial charge in [0.1, 0.15) is 17.8 Å². The average Bonchev–Trinajstić information content (AvgIpc) is 3.62. The lowest BCUT2D eigenvalue weighted by atomic mass is 10.0. The van der Waals surface area contributed by atoms with E-state index >= 15 is 0 Å². The fraction of sp³-hybridized carbons (Fsp3) is 0.154. The first-order chi connectivity index (χ1) is 17.0. The van der Waals surface area contributed by atoms with Crippen LogP contribution in [0.3, 0.4) is 0 Å². The average molecular weight is 475 g/mol. The van der Waals surface area contributed by atoms with E-state index in [1.165, 1.54) is 17.0 Å². The number of aliphatic carboxylic acids is 1. The van der Waals surface area contributed by atoms with Crippen molar-refractivity contribution in [3.63, 3.8) is 0 Å². The highest BCUT2D eigenvalue weighted by atomic mass is 16.5. The summed E-state index contributed by atoms with van der Waals surface area (Å²) in [6.45, 7) is 0. The van der Waals surface area contributed by atoms with Gasteiger partial charge in [-0.25, -0.2) is 9.97 Å². The third kappa shape index (κ3) is 7.43. The summed E-state index contributed by atoms with van der Waals surface area (Å²) >= 11 is 0. The lowest BCUT2D eigenvalue weighted by molar-refractivity contribution is -0.137. The standard InChI is InChI=1S/C13H14N2O3.C13H12N2O2/c1-18-11-4-2-10(3-5-11)12(8-13(16)17)15-7-6-14-9-15;1-17-12-5-2-11(3-6-12)4-7-13(16)15-9-8-14-10-15/h2-7,9,12H,8H2,1H3,(H,16,17);2-10H,1H3/b;7-4+. The summed E-state index contributed by atoms with van der Waals surface area (Å²) in [5.41, 5.74) is 1.86. The van der Waals surface area contributed by atoms with Gasteiger partial charge in [0.15, 0.2) is 0 Å². The molecule has 4 rings (SSSR count). The van der Waals surface area contributed by atoms with Crippen LogP contribution in [0.5, 0.6) is 11.5 Å². The minimum absolute atomic E-state index is 0.0166. The minimum atomic E-state index is -0.843. The number of carboxylic acid groups (broad SMARTS) is 1. The largest absolute Gasteiger partial charge is 0.497 e. The number of aromatic nitrogens is 4. The van der Waals surface area contributed by atoms with Crippen LogP contribution in [0.4, 0.5) is 0 Å². The molecule has 0 aliphatic heterocycles. The van der Waals surface area contributed by atoms with Crippen molar-refractivity contribution < 1.29 is 24.2 Å². The molecule has 35 heavy (non-hydrogen) atoms. The van der Waals surface area contributed by atoms with E-state index in [1.807, 2.05) is 48.5 Å². The zero-order valence-electron chi connectivity index (χ0n) is 19.4. The van der Waals surface area contributed by atoms with Gasteiger partial charge < -0.3 is 19.1 Å². The van der Waals surface area contributed by atoms with Gasteiger partial charge in [0.05, 0.1) is 33.0 Å². The quantitative estimate of drug-likeness (QED) is 0.381. The summed E-state index contributed by atoms with van der Waals surface area (Å²) in [5.74, 6) is 0.573. The lowest BCUT2D eigenvalue weighted by Crippen LogP contribution is -2.13. The predicted molar refractivity (Wildman–Crippen MR) is 130 cm³/mol. The van der Waals surface area contributed by atoms with Crippen molar-refractivity contribution >= 4 is 18.0 Å². The van der Waals surface area contributed by atoms with E-state index in [1.54, 1.807) is 56.0 Å². The first-order valence-corrected chi connectivity index (χ1v) is 10.7. The number of hydrogen-bond donors (Lipinski definition) is 1. The van der Waals surface area contributed by atoms with Crippen molar-refractivity contribution in [1.82, 2.24) is 19.1 Å². The Kier molecular flexibility index (Phi) is 8.95. The van der Waals surface area contributed by atoms with E-state index in [4.69, 9.17) is 14.6 Å². The first-order valence-electron chi connectivity index (χ1n) is 10.7. The Bertz CT molecular complexity index is 1220. The Morgan fingerprint density at radius 3 is 2.03 bits per heavy atom. The van der Waals surface area contributed by atoms with E-state index in [0.717, 1.165) is 22.6 Å². The number of allylic oxidation sites excluding steroid dienone is 1. The molecule has 9 nitrogen and oxygen atoms in total. The molecule has 0 bridgehead atoms. The highest BCUT2D eigenvalue weighted by Crippen LogP contribution is 2.24. The minimum Gasteiger partial charge on any atom is -0.497 e. The predicted octanol–water partition coefficient (Wildman–Crippen LogP) is 4.20. The van der Waals surface area contributed by atoms with Crippen molar-refractivity contribution in [2.45, 2.75) is 12.5 Å². The van der Waals surface area contributed by atoms with Crippen molar-refractivity contribution in [3.8, 4) is 11.5 Å². The highest BCUT2D eigenvalue weighted by Gasteiger charge is 2.17. The second kappa shape index (κ2) is 12.5. The Morgan fingerprint density at radius 2 is 1.51 bits per heavy atom. The number of nitrogens with zero attached hydrogens (tertiary/aromatic N) is 4. The fourth-order valence-electron chi connectivity index (χ4n) is 3.20. The van der Waals surface area contributed by atoms with Crippen LogP contribution in [0, 0.1) is 0 Å². The number of ether oxygens (including phenoxy) is 2. The molecule has 2 aromatic carbocycles. The third-order valence-electron chi connectivity index (χ3n) is 5.05. The Balaban J connectivity index is 0.000000196. The molecule has 0 amide bonds. The zero-order chi connectivity index (χ0) is 25.0. The second-order valence-electron chi connectivity index (χ2n) is 7.31. The molecule has 0 aliphatic rings. The van der Waals surface area contributed by atoms with E-state index in [0.29, 0.717) is 0 Å². The maximum atomic E-state index is 11.6. The molecule has 4 aromatic rings. The summed E-state index contributed by atoms with van der Waals surface area (Å²) < 4.78 is 13.3. The van der Waals surface area contributed by atoms with Gasteiger partial charge in [0.25, 0.3) is 5.91 Å². The van der Waals surface area contributed by atoms with E-state index in [-0.39, 0.29) is 18.4 Å². The molecule has 1 atom stereocenters. The van der Waals surface area contributed by atoms with Crippen LogP contribution in [-0.4, -0.2) is 50.3 Å². The molecule has 0 radical (unpaired) electrons. The van der Waals surface area contributed by atoms with Gasteiger partial charge in [-0.1, -0.05) is 24.3 Å². The van der Waals surface area contributed by atoms with Crippen LogP contribution in [-0.2, 0) is 4.79 Å². The molecule has 0 saturated heterocycles. The SMILES string of the molecule is COc1ccc(/C=C/C(=O)n2ccnc2)cc1.COc1ccc(C(CC(=O)O)n2ccnc2)cc1. The highest BCUT2D eigenvalue weighted by molar-refractivity contribution is 5.93. The maximum Gasteiger partial charge on any atom is 0.305 e. The molecule has 0 aliphatic carbocycles. The number of carbonyl (C=O) groups excluding carboxylic acids is 1. The van der Waals surface area contributed by atoms with Gasteiger partial charge in [0, 0.05) is 30.9 Å². The zero-order valence-corrected chi connectivity index (χ0v) is 19.4. The van der Waals surface area contributed by atoms with Crippen molar-refractivity contribution in [1.29, 1.82) is 0 Å². The van der Waals surface area contributed by atoms with Crippen LogP contribution in [0.1, 0.15) is 28.4 Å². The van der Waals surface area contributed by atoms with Gasteiger partial charge >= 0.3 is 5.97 Å². The van der Waals surface area contributed by atoms with Gasteiger partial charge in [0.2, 0.25) is 0 Å². The van der Waals surface area contributed by atoms with Crippen LogP contribution in [0.2, 0.25) is 0 Å². The smallest absolute Gasteiger partial charge is 0.305 e. The fourth-order valence-corrected chi connectivity index (χ4v) is 3.20. The van der Waals surface area contributed by atoms with Crippen molar-refractivity contribution in [2.75, 3.05) is 14.2 Å². The third-order valence-corrected chi connectivity index (χ3v) is 5.05. The molecule has 1 N–H and O–H groups in total. The van der Waals surface area contributed by atoms with Gasteiger partial charge in [-0.15, -0.1) is 0 Å². The van der Waals surface area contributed by atoms with Gasteiger partial charge in [-0.2, -0.15) is 0 Å². The van der Waals surface area contributed by atoms with Crippen molar-refractivity contribution in [2.24, 2.45) is 0 Å². The van der Waals surface area contributed by atoms with Crippen LogP contribution < -0.4 is 9.47 Å². The number of benzene rings is 2. The van der Waals surface area contributed by atoms with Crippen molar-refractivity contribution in [3.05, 3.63) is 103 Å². The molecular weight excluding hydrogens is 448 g/mol. The normalized spacial score (nSPS) is 11.4. The number of carbonyl (C=O) groups is 2. The Labute approximate surface area is 202 Å². The molecule has 1 unspecified atom stereocenters. The molecule has 0 fully saturated rings. The summed E-state index contributed by atoms with van der Waals surface area (Å²) in [6, 6.07) is 14.6. The van der Waals surface area contributed by atoms with E-state index < -0.39 is 5.97 Å². The summed E-state index contributed by atoms with van der Waals surface area (Å²) in [7, 11) is 3.22. The molecule has 0 spiro atoms. The summed E-state index contributed by atoms with van der Waals surface area (Å²) in [5, 5.41) is 8.99. The van der Waals surface area contributed by atoms with E-state index in [2.05, 4.69) is 9.97 Å². The van der Waals surface area contributed by atoms with Crippen LogP contribution in [0.25, 0.3) is 6.08 Å². The second-order valence-corrected chi connectivity index (χ2v) is 7.31. The number of methoxy groups -OCH3 is 2. The first kappa shape index (κ1) is 25.0. The lowest BCUT2D eigenvalue weighted by Gasteiger charge is -2.17.